The lowest BCUT2D eigenvalue weighted by atomic mass is 10.2. The maximum Gasteiger partial charge on any atom is 0.139 e. The minimum atomic E-state index is -0.375. The number of hydrogen-bond acceptors (Lipinski definition) is 2. The lowest BCUT2D eigenvalue weighted by molar-refractivity contribution is 0.290. The maximum atomic E-state index is 9.32. The lowest BCUT2D eigenvalue weighted by Crippen LogP contribution is -1.77. The van der Waals surface area contributed by atoms with E-state index in [0.29, 0.717) is 0 Å². The molecule has 1 nitrogen and oxygen atoms in total. The predicted octanol–water partition coefficient (Wildman–Crippen LogP) is 3.33. The summed E-state index contributed by atoms with van der Waals surface area (Å²) in [6.07, 6.45) is 0. The van der Waals surface area contributed by atoms with Crippen molar-refractivity contribution in [1.29, 1.82) is 0 Å². The van der Waals surface area contributed by atoms with Gasteiger partial charge in [-0.15, -0.1) is 11.3 Å². The summed E-state index contributed by atoms with van der Waals surface area (Å²) >= 11 is 3.66. The van der Waals surface area contributed by atoms with Crippen LogP contribution in [0.4, 0.5) is 0 Å². The van der Waals surface area contributed by atoms with Gasteiger partial charge in [-0.1, -0.05) is 18.2 Å². The minimum Gasteiger partial charge on any atom is -0.377 e. The van der Waals surface area contributed by atoms with Crippen molar-refractivity contribution >= 4 is 44.0 Å². The average molecular weight is 290 g/mol. The molecule has 1 aromatic heterocycles. The van der Waals surface area contributed by atoms with Gasteiger partial charge in [-0.25, -0.2) is 0 Å². The Morgan fingerprint density at radius 3 is 2.75 bits per heavy atom. The van der Waals surface area contributed by atoms with Gasteiger partial charge >= 0.3 is 0 Å². The van der Waals surface area contributed by atoms with E-state index in [1.807, 2.05) is 40.8 Å². The molecular weight excluding hydrogens is 283 g/mol. The molecule has 0 aliphatic heterocycles. The summed E-state index contributed by atoms with van der Waals surface area (Å²) in [5.74, 6) is 0. The molecule has 2 rings (SSSR count). The molecule has 0 fully saturated rings. The Hall–Kier alpha value is -0.130. The van der Waals surface area contributed by atoms with Crippen LogP contribution in [0.3, 0.4) is 0 Å². The Labute approximate surface area is 88.2 Å². The Morgan fingerprint density at radius 1 is 1.33 bits per heavy atom. The van der Waals surface area contributed by atoms with Gasteiger partial charge in [0.2, 0.25) is 0 Å². The number of hydrogen-bond donors (Lipinski definition) is 1. The fourth-order valence-electron chi connectivity index (χ4n) is 1.12. The molecule has 0 aliphatic rings. The highest BCUT2D eigenvalue weighted by Gasteiger charge is 2.06. The molecule has 1 aromatic carbocycles. The summed E-state index contributed by atoms with van der Waals surface area (Å²) in [5, 5.41) is 10.5. The lowest BCUT2D eigenvalue weighted by Gasteiger charge is -1.93. The summed E-state index contributed by atoms with van der Waals surface area (Å²) in [4.78, 5) is 1.02. The molecule has 1 unspecified atom stereocenters. The third-order valence-electron chi connectivity index (χ3n) is 1.68. The van der Waals surface area contributed by atoms with E-state index in [2.05, 4.69) is 12.1 Å². The van der Waals surface area contributed by atoms with Crippen LogP contribution in [0.2, 0.25) is 0 Å². The first-order valence-corrected chi connectivity index (χ1v) is 5.64. The molecule has 0 bridgehead atoms. The second kappa shape index (κ2) is 3.32. The highest BCUT2D eigenvalue weighted by molar-refractivity contribution is 14.1. The number of rotatable bonds is 1. The first-order chi connectivity index (χ1) is 5.77. The van der Waals surface area contributed by atoms with Crippen molar-refractivity contribution in [2.24, 2.45) is 0 Å². The van der Waals surface area contributed by atoms with Crippen molar-refractivity contribution in [2.45, 2.75) is 4.11 Å². The van der Waals surface area contributed by atoms with Gasteiger partial charge in [-0.3, -0.25) is 0 Å². The van der Waals surface area contributed by atoms with Crippen LogP contribution in [-0.4, -0.2) is 5.11 Å². The second-order valence-electron chi connectivity index (χ2n) is 2.52. The molecule has 3 heteroatoms. The molecule has 0 saturated heterocycles. The van der Waals surface area contributed by atoms with Gasteiger partial charge in [0.1, 0.15) is 4.11 Å². The molecule has 2 aromatic rings. The van der Waals surface area contributed by atoms with Gasteiger partial charge in [-0.2, -0.15) is 0 Å². The van der Waals surface area contributed by atoms with Crippen LogP contribution in [0.15, 0.2) is 30.3 Å². The van der Waals surface area contributed by atoms with Crippen LogP contribution in [0.1, 0.15) is 8.99 Å². The fourth-order valence-corrected chi connectivity index (χ4v) is 2.61. The third-order valence-corrected chi connectivity index (χ3v) is 3.94. The topological polar surface area (TPSA) is 20.2 Å². The van der Waals surface area contributed by atoms with Gasteiger partial charge in [0.05, 0.1) is 0 Å². The predicted molar refractivity (Wildman–Crippen MR) is 60.8 cm³/mol. The minimum absolute atomic E-state index is 0.375. The van der Waals surface area contributed by atoms with Crippen molar-refractivity contribution in [3.05, 3.63) is 35.2 Å². The summed E-state index contributed by atoms with van der Waals surface area (Å²) in [7, 11) is 0. The molecule has 1 N–H and O–H groups in total. The summed E-state index contributed by atoms with van der Waals surface area (Å²) in [6.45, 7) is 0. The van der Waals surface area contributed by atoms with Gasteiger partial charge in [0.15, 0.2) is 0 Å². The molecule has 1 atom stereocenters. The van der Waals surface area contributed by atoms with E-state index >= 15 is 0 Å². The summed E-state index contributed by atoms with van der Waals surface area (Å²) in [5.41, 5.74) is 0. The normalized spacial score (nSPS) is 13.5. The Bertz CT molecular complexity index is 361. The van der Waals surface area contributed by atoms with Crippen molar-refractivity contribution in [2.75, 3.05) is 0 Å². The standard InChI is InChI=1S/C9H7IOS/c10-9(11)8-5-6-3-1-2-4-7(6)12-8/h1-5,9,11H. The SMILES string of the molecule is OC(I)c1cc2ccccc2s1. The first-order valence-electron chi connectivity index (χ1n) is 3.58. The van der Waals surface area contributed by atoms with E-state index in [4.69, 9.17) is 0 Å². The van der Waals surface area contributed by atoms with Crippen LogP contribution in [0.25, 0.3) is 10.1 Å². The van der Waals surface area contributed by atoms with Gasteiger partial charge in [-0.05, 0) is 40.1 Å². The molecule has 12 heavy (non-hydrogen) atoms. The Balaban J connectivity index is 2.62. The molecule has 0 amide bonds. The van der Waals surface area contributed by atoms with Crippen LogP contribution in [0, 0.1) is 0 Å². The van der Waals surface area contributed by atoms with Gasteiger partial charge in [0.25, 0.3) is 0 Å². The zero-order valence-corrected chi connectivity index (χ0v) is 9.17. The second-order valence-corrected chi connectivity index (χ2v) is 4.82. The number of benzene rings is 1. The number of alkyl halides is 1. The summed E-state index contributed by atoms with van der Waals surface area (Å²) in [6, 6.07) is 10.2. The molecule has 0 aliphatic carbocycles. The van der Waals surface area contributed by atoms with E-state index in [1.165, 1.54) is 10.1 Å². The van der Waals surface area contributed by atoms with Crippen molar-refractivity contribution < 1.29 is 5.11 Å². The molecule has 0 radical (unpaired) electrons. The quantitative estimate of drug-likeness (QED) is 0.631. The van der Waals surface area contributed by atoms with Gasteiger partial charge < -0.3 is 5.11 Å². The fraction of sp³-hybridized carbons (Fsp3) is 0.111. The number of halogens is 1. The number of fused-ring (bicyclic) bond motifs is 1. The molecule has 0 spiro atoms. The molecular formula is C9H7IOS. The highest BCUT2D eigenvalue weighted by Crippen LogP contribution is 2.32. The Morgan fingerprint density at radius 2 is 2.08 bits per heavy atom. The highest BCUT2D eigenvalue weighted by atomic mass is 127. The van der Waals surface area contributed by atoms with Crippen LogP contribution in [-0.2, 0) is 0 Å². The zero-order chi connectivity index (χ0) is 8.55. The monoisotopic (exact) mass is 290 g/mol. The van der Waals surface area contributed by atoms with Gasteiger partial charge in [0, 0.05) is 9.58 Å². The van der Waals surface area contributed by atoms with Crippen LogP contribution >= 0.6 is 33.9 Å². The third kappa shape index (κ3) is 1.48. The van der Waals surface area contributed by atoms with Crippen LogP contribution < -0.4 is 0 Å². The van der Waals surface area contributed by atoms with E-state index in [9.17, 15) is 5.11 Å². The molecule has 62 valence electrons. The first kappa shape index (κ1) is 8.47. The van der Waals surface area contributed by atoms with Crippen molar-refractivity contribution in [3.8, 4) is 0 Å². The number of thiophene rings is 1. The number of aliphatic hydroxyl groups excluding tert-OH is 1. The van der Waals surface area contributed by atoms with Crippen molar-refractivity contribution in [1.82, 2.24) is 0 Å². The summed E-state index contributed by atoms with van der Waals surface area (Å²) < 4.78 is 0.864. The zero-order valence-electron chi connectivity index (χ0n) is 6.20. The largest absolute Gasteiger partial charge is 0.377 e. The van der Waals surface area contributed by atoms with E-state index in [0.717, 1.165) is 4.88 Å². The smallest absolute Gasteiger partial charge is 0.139 e. The van der Waals surface area contributed by atoms with E-state index in [1.54, 1.807) is 11.3 Å². The van der Waals surface area contributed by atoms with Crippen LogP contribution in [0.5, 0.6) is 0 Å². The maximum absolute atomic E-state index is 9.32. The molecule has 0 saturated carbocycles. The van der Waals surface area contributed by atoms with E-state index < -0.39 is 0 Å². The molecule has 1 heterocycles. The average Bonchev–Trinajstić information content (AvgIpc) is 2.46. The van der Waals surface area contributed by atoms with Crippen molar-refractivity contribution in [3.63, 3.8) is 0 Å². The Kier molecular flexibility index (Phi) is 2.34. The number of aliphatic hydroxyl groups is 1. The van der Waals surface area contributed by atoms with E-state index in [-0.39, 0.29) is 4.11 Å².